The molecule has 1 aromatic carbocycles. The Morgan fingerprint density at radius 3 is 2.43 bits per heavy atom. The summed E-state index contributed by atoms with van der Waals surface area (Å²) in [5.74, 6) is -0.0356. The number of hydrogen-bond donors (Lipinski definition) is 2. The molecule has 1 heterocycles. The number of sulfonamides is 1. The smallest absolute Gasteiger partial charge is 0.251 e. The number of ether oxygens (including phenoxy) is 1. The molecule has 2 rings (SSSR count). The Morgan fingerprint density at radius 1 is 1.21 bits per heavy atom. The van der Waals surface area contributed by atoms with Crippen LogP contribution in [0.5, 0.6) is 5.75 Å². The molecule has 1 aliphatic heterocycles. The highest BCUT2D eigenvalue weighted by Crippen LogP contribution is 2.29. The zero-order valence-corrected chi connectivity index (χ0v) is 18.5. The minimum absolute atomic E-state index is 0. The zero-order chi connectivity index (χ0) is 19.9. The highest BCUT2D eigenvalue weighted by Gasteiger charge is 2.29. The molecule has 0 aliphatic carbocycles. The average molecular weight is 434 g/mol. The summed E-state index contributed by atoms with van der Waals surface area (Å²) in [7, 11) is -2.27. The fourth-order valence-corrected chi connectivity index (χ4v) is 4.91. The fourth-order valence-electron chi connectivity index (χ4n) is 3.21. The second kappa shape index (κ2) is 11.6. The van der Waals surface area contributed by atoms with Crippen LogP contribution in [-0.2, 0) is 10.0 Å². The normalized spacial score (nSPS) is 16.5. The van der Waals surface area contributed by atoms with E-state index in [-0.39, 0.29) is 35.0 Å². The minimum Gasteiger partial charge on any atom is -0.495 e. The van der Waals surface area contributed by atoms with E-state index in [9.17, 15) is 13.2 Å². The quantitative estimate of drug-likeness (QED) is 0.657. The lowest BCUT2D eigenvalue weighted by molar-refractivity contribution is 0.0950. The third-order valence-corrected chi connectivity index (χ3v) is 6.65. The Balaban J connectivity index is 0.00000392. The summed E-state index contributed by atoms with van der Waals surface area (Å²) in [6.45, 7) is 6.27. The molecule has 7 nitrogen and oxygen atoms in total. The third kappa shape index (κ3) is 6.34. The molecule has 0 aromatic heterocycles. The molecule has 9 heteroatoms. The second-order valence-corrected chi connectivity index (χ2v) is 8.76. The van der Waals surface area contributed by atoms with Crippen LogP contribution in [0.3, 0.4) is 0 Å². The fraction of sp³-hybridized carbons (Fsp3) is 0.632. The molecule has 1 aromatic rings. The average Bonchev–Trinajstić information content (AvgIpc) is 2.96. The van der Waals surface area contributed by atoms with Crippen molar-refractivity contribution in [2.45, 2.75) is 50.5 Å². The molecular weight excluding hydrogens is 402 g/mol. The Morgan fingerprint density at radius 2 is 1.86 bits per heavy atom. The molecule has 1 aliphatic rings. The van der Waals surface area contributed by atoms with Gasteiger partial charge in [-0.25, -0.2) is 8.42 Å². The summed E-state index contributed by atoms with van der Waals surface area (Å²) in [5.41, 5.74) is 0.313. The topological polar surface area (TPSA) is 87.7 Å². The van der Waals surface area contributed by atoms with Gasteiger partial charge >= 0.3 is 0 Å². The second-order valence-electron chi connectivity index (χ2n) is 6.85. The molecule has 1 saturated heterocycles. The van der Waals surface area contributed by atoms with Crippen LogP contribution in [-0.4, -0.2) is 58.0 Å². The van der Waals surface area contributed by atoms with Gasteiger partial charge in [0.1, 0.15) is 10.6 Å². The standard InChI is InChI=1S/C19H31N3O4S.ClH/c1-4-20-15(2)14-21-19(23)16-9-10-17(26-3)18(13-16)27(24,25)22-11-7-5-6-8-12-22;/h9-10,13,15,20H,4-8,11-12,14H2,1-3H3,(H,21,23);1H/t15-;/m1./s1. The molecule has 0 bridgehead atoms. The van der Waals surface area contributed by atoms with Crippen LogP contribution in [0, 0.1) is 0 Å². The van der Waals surface area contributed by atoms with Gasteiger partial charge in [0.15, 0.2) is 0 Å². The number of carbonyl (C=O) groups excluding carboxylic acids is 1. The van der Waals surface area contributed by atoms with Crippen LogP contribution in [0.15, 0.2) is 23.1 Å². The number of benzene rings is 1. The largest absolute Gasteiger partial charge is 0.495 e. The Labute approximate surface area is 174 Å². The molecule has 1 amide bonds. The molecule has 28 heavy (non-hydrogen) atoms. The Kier molecular flexibility index (Phi) is 10.2. The van der Waals surface area contributed by atoms with Crippen LogP contribution in [0.4, 0.5) is 0 Å². The molecule has 0 radical (unpaired) electrons. The Bertz CT molecular complexity index is 735. The summed E-state index contributed by atoms with van der Waals surface area (Å²) >= 11 is 0. The van der Waals surface area contributed by atoms with E-state index in [1.807, 2.05) is 13.8 Å². The van der Waals surface area contributed by atoms with E-state index < -0.39 is 10.0 Å². The lowest BCUT2D eigenvalue weighted by Gasteiger charge is -2.21. The number of amides is 1. The first-order chi connectivity index (χ1) is 12.9. The van der Waals surface area contributed by atoms with Crippen molar-refractivity contribution in [3.8, 4) is 5.75 Å². The predicted molar refractivity (Wildman–Crippen MR) is 113 cm³/mol. The SMILES string of the molecule is CCN[C@H](C)CNC(=O)c1ccc(OC)c(S(=O)(=O)N2CCCCCC2)c1.Cl. The van der Waals surface area contributed by atoms with Gasteiger partial charge in [0.25, 0.3) is 5.91 Å². The molecular formula is C19H32ClN3O4S. The summed E-state index contributed by atoms with van der Waals surface area (Å²) in [5, 5.41) is 6.06. The number of hydrogen-bond acceptors (Lipinski definition) is 5. The van der Waals surface area contributed by atoms with Crippen molar-refractivity contribution >= 4 is 28.3 Å². The first kappa shape index (κ1) is 24.7. The Hall–Kier alpha value is -1.35. The third-order valence-electron chi connectivity index (χ3n) is 4.73. The van der Waals surface area contributed by atoms with Gasteiger partial charge in [-0.2, -0.15) is 4.31 Å². The summed E-state index contributed by atoms with van der Waals surface area (Å²) < 4.78 is 33.1. The maximum atomic E-state index is 13.2. The van der Waals surface area contributed by atoms with Crippen molar-refractivity contribution in [2.75, 3.05) is 33.3 Å². The lowest BCUT2D eigenvalue weighted by Crippen LogP contribution is -2.39. The minimum atomic E-state index is -3.71. The van der Waals surface area contributed by atoms with Crippen molar-refractivity contribution in [1.82, 2.24) is 14.9 Å². The number of nitrogens with zero attached hydrogens (tertiary/aromatic N) is 1. The van der Waals surface area contributed by atoms with Gasteiger partial charge in [-0.1, -0.05) is 19.8 Å². The number of rotatable bonds is 8. The van der Waals surface area contributed by atoms with Crippen LogP contribution in [0.2, 0.25) is 0 Å². The summed E-state index contributed by atoms with van der Waals surface area (Å²) in [6, 6.07) is 4.70. The number of carbonyl (C=O) groups is 1. The van der Waals surface area contributed by atoms with Crippen LogP contribution < -0.4 is 15.4 Å². The van der Waals surface area contributed by atoms with Gasteiger partial charge in [-0.15, -0.1) is 12.4 Å². The van der Waals surface area contributed by atoms with E-state index in [2.05, 4.69) is 10.6 Å². The van der Waals surface area contributed by atoms with Gasteiger partial charge in [-0.05, 0) is 44.5 Å². The van der Waals surface area contributed by atoms with Gasteiger partial charge in [0, 0.05) is 31.2 Å². The van der Waals surface area contributed by atoms with Crippen molar-refractivity contribution in [3.05, 3.63) is 23.8 Å². The first-order valence-electron chi connectivity index (χ1n) is 9.60. The highest BCUT2D eigenvalue weighted by molar-refractivity contribution is 7.89. The zero-order valence-electron chi connectivity index (χ0n) is 16.9. The van der Waals surface area contributed by atoms with E-state index in [1.54, 1.807) is 12.1 Å². The van der Waals surface area contributed by atoms with Gasteiger partial charge in [0.05, 0.1) is 7.11 Å². The van der Waals surface area contributed by atoms with E-state index >= 15 is 0 Å². The van der Waals surface area contributed by atoms with E-state index in [0.717, 1.165) is 32.2 Å². The van der Waals surface area contributed by atoms with Crippen molar-refractivity contribution in [3.63, 3.8) is 0 Å². The molecule has 160 valence electrons. The maximum Gasteiger partial charge on any atom is 0.251 e. The van der Waals surface area contributed by atoms with Crippen molar-refractivity contribution in [1.29, 1.82) is 0 Å². The van der Waals surface area contributed by atoms with E-state index in [1.165, 1.54) is 17.5 Å². The van der Waals surface area contributed by atoms with Crippen molar-refractivity contribution in [2.24, 2.45) is 0 Å². The van der Waals surface area contributed by atoms with Gasteiger partial charge in [-0.3, -0.25) is 4.79 Å². The van der Waals surface area contributed by atoms with E-state index in [0.29, 0.717) is 25.2 Å². The number of nitrogens with one attached hydrogen (secondary N) is 2. The predicted octanol–water partition coefficient (Wildman–Crippen LogP) is 2.41. The molecule has 2 N–H and O–H groups in total. The molecule has 1 atom stereocenters. The molecule has 0 saturated carbocycles. The highest BCUT2D eigenvalue weighted by atomic mass is 35.5. The van der Waals surface area contributed by atoms with Gasteiger partial charge < -0.3 is 15.4 Å². The first-order valence-corrected chi connectivity index (χ1v) is 11.0. The maximum absolute atomic E-state index is 13.2. The van der Waals surface area contributed by atoms with Crippen LogP contribution in [0.25, 0.3) is 0 Å². The van der Waals surface area contributed by atoms with Crippen LogP contribution >= 0.6 is 12.4 Å². The van der Waals surface area contributed by atoms with Gasteiger partial charge in [0.2, 0.25) is 10.0 Å². The molecule has 1 fully saturated rings. The number of methoxy groups -OCH3 is 1. The molecule has 0 unspecified atom stereocenters. The van der Waals surface area contributed by atoms with E-state index in [4.69, 9.17) is 4.74 Å². The summed E-state index contributed by atoms with van der Waals surface area (Å²) in [6.07, 6.45) is 3.78. The number of likely N-dealkylation sites (N-methyl/N-ethyl adjacent to an activating group) is 1. The monoisotopic (exact) mass is 433 g/mol. The molecule has 0 spiro atoms. The number of halogens is 1. The summed E-state index contributed by atoms with van der Waals surface area (Å²) in [4.78, 5) is 12.5. The van der Waals surface area contributed by atoms with Crippen molar-refractivity contribution < 1.29 is 17.9 Å². The lowest BCUT2D eigenvalue weighted by atomic mass is 10.2. The van der Waals surface area contributed by atoms with Crippen LogP contribution in [0.1, 0.15) is 49.9 Å².